The Bertz CT molecular complexity index is 1310. The van der Waals surface area contributed by atoms with Crippen LogP contribution in [-0.4, -0.2) is 37.5 Å². The van der Waals surface area contributed by atoms with E-state index >= 15 is 0 Å². The molecule has 0 spiro atoms. The quantitative estimate of drug-likeness (QED) is 0.359. The zero-order valence-electron chi connectivity index (χ0n) is 17.2. The van der Waals surface area contributed by atoms with E-state index in [1.54, 1.807) is 48.5 Å². The van der Waals surface area contributed by atoms with E-state index in [2.05, 4.69) is 36.8 Å². The van der Waals surface area contributed by atoms with Gasteiger partial charge in [-0.1, -0.05) is 62.2 Å². The smallest absolute Gasteiger partial charge is 0.336 e. The zero-order chi connectivity index (χ0) is 23.0. The van der Waals surface area contributed by atoms with E-state index in [9.17, 15) is 19.5 Å². The van der Waals surface area contributed by atoms with Gasteiger partial charge in [0.05, 0.1) is 34.3 Å². The molecule has 2 saturated carbocycles. The molecular weight excluding hydrogens is 552 g/mol. The lowest BCUT2D eigenvalue weighted by molar-refractivity contribution is -0.123. The van der Waals surface area contributed by atoms with E-state index in [0.29, 0.717) is 27.8 Å². The van der Waals surface area contributed by atoms with Crippen LogP contribution in [0.15, 0.2) is 54.6 Å². The van der Waals surface area contributed by atoms with Crippen molar-refractivity contribution < 1.29 is 19.5 Å². The minimum atomic E-state index is -1.02. The van der Waals surface area contributed by atoms with Crippen LogP contribution in [0.1, 0.15) is 16.8 Å². The van der Waals surface area contributed by atoms with Crippen molar-refractivity contribution in [3.8, 4) is 11.3 Å². The third-order valence-corrected chi connectivity index (χ3v) is 10.6. The van der Waals surface area contributed by atoms with Gasteiger partial charge in [-0.2, -0.15) is 0 Å². The Morgan fingerprint density at radius 2 is 1.55 bits per heavy atom. The molecule has 6 unspecified atom stereocenters. The summed E-state index contributed by atoms with van der Waals surface area (Å²) >= 11 is 7.42. The number of aromatic nitrogens is 1. The number of anilines is 1. The minimum absolute atomic E-state index is 0.119. The number of aromatic carboxylic acids is 1. The second kappa shape index (κ2) is 7.46. The molecule has 1 N–H and O–H groups in total. The molecule has 2 aromatic carbocycles. The normalized spacial score (nSPS) is 30.3. The number of halogens is 2. The summed E-state index contributed by atoms with van der Waals surface area (Å²) < 4.78 is 0. The maximum Gasteiger partial charge on any atom is 0.336 e. The highest BCUT2D eigenvalue weighted by atomic mass is 79.9. The highest BCUT2D eigenvalue weighted by Gasteiger charge is 2.66. The molecule has 1 saturated heterocycles. The maximum absolute atomic E-state index is 13.3. The number of rotatable bonds is 3. The van der Waals surface area contributed by atoms with Crippen LogP contribution in [0.3, 0.4) is 0 Å². The first kappa shape index (κ1) is 21.0. The first-order valence-electron chi connectivity index (χ1n) is 10.8. The number of hydrogen-bond acceptors (Lipinski definition) is 4. The van der Waals surface area contributed by atoms with E-state index in [-0.39, 0.29) is 50.7 Å². The fourth-order valence-corrected chi connectivity index (χ4v) is 7.76. The zero-order valence-corrected chi connectivity index (χ0v) is 20.4. The summed E-state index contributed by atoms with van der Waals surface area (Å²) in [4.78, 5) is 44.6. The molecule has 8 heteroatoms. The van der Waals surface area contributed by atoms with Gasteiger partial charge in [0.25, 0.3) is 0 Å². The molecule has 3 fully saturated rings. The molecule has 0 radical (unpaired) electrons. The molecule has 1 aliphatic heterocycles. The van der Waals surface area contributed by atoms with Crippen LogP contribution in [0.5, 0.6) is 0 Å². The number of carbonyl (C=O) groups is 3. The Balaban J connectivity index is 1.34. The standard InChI is InChI=1S/C25H18Br2N2O4/c26-21-15-9-16(22(21)27)20-19(15)23(30)29(24(20)31)12-7-5-11(6-8-12)18-10-14(25(32)33)13-3-1-2-4-17(13)28-18/h1-8,10,15-16,19-22H,9H2,(H,32,33). The molecule has 166 valence electrons. The fourth-order valence-electron chi connectivity index (χ4n) is 5.88. The third-order valence-electron chi connectivity index (χ3n) is 7.35. The maximum atomic E-state index is 13.3. The third kappa shape index (κ3) is 2.96. The van der Waals surface area contributed by atoms with Crippen molar-refractivity contribution in [3.63, 3.8) is 0 Å². The van der Waals surface area contributed by atoms with E-state index in [1.165, 1.54) is 4.90 Å². The SMILES string of the molecule is O=C(O)c1cc(-c2ccc(N3C(=O)C4C5CC(C(Br)C5Br)C4C3=O)cc2)nc2ccccc12. The number of benzene rings is 2. The molecule has 3 aromatic rings. The van der Waals surface area contributed by atoms with Crippen LogP contribution in [0.2, 0.25) is 0 Å². The van der Waals surface area contributed by atoms with Gasteiger partial charge in [-0.25, -0.2) is 9.78 Å². The van der Waals surface area contributed by atoms with Crippen molar-refractivity contribution in [1.82, 2.24) is 4.98 Å². The van der Waals surface area contributed by atoms with Crippen LogP contribution >= 0.6 is 31.9 Å². The number of carboxylic acid groups (broad SMARTS) is 1. The molecule has 6 nitrogen and oxygen atoms in total. The summed E-state index contributed by atoms with van der Waals surface area (Å²) in [5.41, 5.74) is 2.56. The van der Waals surface area contributed by atoms with E-state index in [0.717, 1.165) is 6.42 Å². The van der Waals surface area contributed by atoms with Gasteiger partial charge in [0.15, 0.2) is 0 Å². The summed E-state index contributed by atoms with van der Waals surface area (Å²) in [5, 5.41) is 10.2. The Morgan fingerprint density at radius 1 is 0.939 bits per heavy atom. The summed E-state index contributed by atoms with van der Waals surface area (Å²) in [7, 11) is 0. The second-order valence-electron chi connectivity index (χ2n) is 8.94. The number of nitrogens with zero attached hydrogens (tertiary/aromatic N) is 2. The number of imide groups is 1. The summed E-state index contributed by atoms with van der Waals surface area (Å²) in [5.74, 6) is -1.45. The number of carbonyl (C=O) groups excluding carboxylic acids is 2. The number of para-hydroxylation sites is 1. The van der Waals surface area contributed by atoms with Crippen LogP contribution in [0, 0.1) is 23.7 Å². The number of pyridine rings is 1. The van der Waals surface area contributed by atoms with Crippen molar-refractivity contribution in [1.29, 1.82) is 0 Å². The second-order valence-corrected chi connectivity index (χ2v) is 11.1. The van der Waals surface area contributed by atoms with Crippen LogP contribution in [-0.2, 0) is 9.59 Å². The van der Waals surface area contributed by atoms with Gasteiger partial charge in [-0.3, -0.25) is 14.5 Å². The predicted molar refractivity (Wildman–Crippen MR) is 131 cm³/mol. The Hall–Kier alpha value is -2.58. The topological polar surface area (TPSA) is 87.6 Å². The monoisotopic (exact) mass is 568 g/mol. The molecule has 2 heterocycles. The molecule has 6 atom stereocenters. The van der Waals surface area contributed by atoms with Crippen molar-refractivity contribution in [3.05, 3.63) is 60.2 Å². The van der Waals surface area contributed by atoms with E-state index in [1.807, 2.05) is 6.07 Å². The van der Waals surface area contributed by atoms with Gasteiger partial charge in [0.1, 0.15) is 0 Å². The van der Waals surface area contributed by atoms with Gasteiger partial charge in [-0.15, -0.1) is 0 Å². The lowest BCUT2D eigenvalue weighted by Crippen LogP contribution is -2.37. The summed E-state index contributed by atoms with van der Waals surface area (Å²) in [6, 6.07) is 15.7. The molecule has 2 amide bonds. The lowest BCUT2D eigenvalue weighted by atomic mass is 9.81. The predicted octanol–water partition coefficient (Wildman–Crippen LogP) is 4.88. The average molecular weight is 570 g/mol. The highest BCUT2D eigenvalue weighted by Crippen LogP contribution is 2.60. The van der Waals surface area contributed by atoms with E-state index < -0.39 is 5.97 Å². The highest BCUT2D eigenvalue weighted by molar-refractivity contribution is 9.12. The summed E-state index contributed by atoms with van der Waals surface area (Å²) in [6.07, 6.45) is 0.894. The Labute approximate surface area is 206 Å². The van der Waals surface area contributed by atoms with Crippen LogP contribution in [0.4, 0.5) is 5.69 Å². The number of carboxylic acids is 1. The molecule has 1 aromatic heterocycles. The van der Waals surface area contributed by atoms with Crippen molar-refractivity contribution >= 4 is 66.2 Å². The van der Waals surface area contributed by atoms with Gasteiger partial charge >= 0.3 is 5.97 Å². The Morgan fingerprint density at radius 3 is 2.15 bits per heavy atom. The number of amides is 2. The van der Waals surface area contributed by atoms with Crippen molar-refractivity contribution in [2.45, 2.75) is 16.1 Å². The first-order chi connectivity index (χ1) is 15.9. The largest absolute Gasteiger partial charge is 0.478 e. The molecule has 2 aliphatic carbocycles. The van der Waals surface area contributed by atoms with Crippen molar-refractivity contribution in [2.24, 2.45) is 23.7 Å². The first-order valence-corrected chi connectivity index (χ1v) is 12.6. The molecule has 2 bridgehead atoms. The molecule has 6 rings (SSSR count). The van der Waals surface area contributed by atoms with Crippen LogP contribution in [0.25, 0.3) is 22.2 Å². The molecule has 3 aliphatic rings. The van der Waals surface area contributed by atoms with Gasteiger partial charge in [0.2, 0.25) is 11.8 Å². The minimum Gasteiger partial charge on any atom is -0.478 e. The van der Waals surface area contributed by atoms with Gasteiger partial charge in [0, 0.05) is 20.6 Å². The average Bonchev–Trinajstić information content (AvgIpc) is 3.43. The van der Waals surface area contributed by atoms with Crippen LogP contribution < -0.4 is 4.90 Å². The molecular formula is C25H18Br2N2O4. The Kier molecular flexibility index (Phi) is 4.75. The lowest BCUT2D eigenvalue weighted by Gasteiger charge is -2.28. The number of hydrogen-bond donors (Lipinski definition) is 1. The van der Waals surface area contributed by atoms with Gasteiger partial charge in [-0.05, 0) is 42.5 Å². The van der Waals surface area contributed by atoms with Gasteiger partial charge < -0.3 is 5.11 Å². The van der Waals surface area contributed by atoms with E-state index in [4.69, 9.17) is 0 Å². The fraction of sp³-hybridized carbons (Fsp3) is 0.280. The number of fused-ring (bicyclic) bond motifs is 6. The number of alkyl halides is 2. The summed E-state index contributed by atoms with van der Waals surface area (Å²) in [6.45, 7) is 0. The van der Waals surface area contributed by atoms with Crippen molar-refractivity contribution in [2.75, 3.05) is 4.90 Å². The molecule has 33 heavy (non-hydrogen) atoms.